The predicted molar refractivity (Wildman–Crippen MR) is 124 cm³/mol. The van der Waals surface area contributed by atoms with Gasteiger partial charge in [-0.25, -0.2) is 0 Å². The Labute approximate surface area is 189 Å². The molecule has 0 bridgehead atoms. The van der Waals surface area contributed by atoms with Gasteiger partial charge in [0.05, 0.1) is 18.4 Å². The molecule has 6 nitrogen and oxygen atoms in total. The highest BCUT2D eigenvalue weighted by Crippen LogP contribution is 2.49. The second kappa shape index (κ2) is 8.34. The Morgan fingerprint density at radius 1 is 0.875 bits per heavy atom. The number of aromatic nitrogens is 3. The number of hydrogen-bond acceptors (Lipinski definition) is 5. The normalized spacial score (nSPS) is 20.1. The molecule has 0 N–H and O–H groups in total. The Kier molecular flexibility index (Phi) is 5.20. The maximum absolute atomic E-state index is 6.78. The zero-order valence-electron chi connectivity index (χ0n) is 18.6. The third-order valence-corrected chi connectivity index (χ3v) is 7.42. The molecule has 0 amide bonds. The van der Waals surface area contributed by atoms with Crippen LogP contribution in [-0.2, 0) is 18.7 Å². The summed E-state index contributed by atoms with van der Waals surface area (Å²) in [5, 5.41) is 4.88. The fraction of sp³-hybridized carbons (Fsp3) is 0.462. The fourth-order valence-electron chi connectivity index (χ4n) is 5.62. The summed E-state index contributed by atoms with van der Waals surface area (Å²) < 4.78 is 9.01. The molecule has 6 rings (SSSR count). The average Bonchev–Trinajstić information content (AvgIpc) is 3.51. The van der Waals surface area contributed by atoms with Gasteiger partial charge in [-0.1, -0.05) is 12.1 Å². The minimum Gasteiger partial charge on any atom is -0.482 e. The van der Waals surface area contributed by atoms with Crippen LogP contribution in [0.25, 0.3) is 11.3 Å². The van der Waals surface area contributed by atoms with E-state index in [0.717, 1.165) is 51.3 Å². The van der Waals surface area contributed by atoms with Crippen molar-refractivity contribution in [2.24, 2.45) is 0 Å². The van der Waals surface area contributed by atoms with Gasteiger partial charge in [-0.2, -0.15) is 5.10 Å². The Balaban J connectivity index is 1.26. The summed E-state index contributed by atoms with van der Waals surface area (Å²) in [4.78, 5) is 9.24. The van der Waals surface area contributed by atoms with E-state index in [9.17, 15) is 0 Å². The Morgan fingerprint density at radius 2 is 1.66 bits per heavy atom. The number of ether oxygens (including phenoxy) is 1. The fourth-order valence-corrected chi connectivity index (χ4v) is 5.62. The van der Waals surface area contributed by atoms with Crippen molar-refractivity contribution in [1.29, 1.82) is 0 Å². The van der Waals surface area contributed by atoms with Gasteiger partial charge in [0.2, 0.25) is 0 Å². The monoisotopic (exact) mass is 429 g/mol. The molecule has 2 fully saturated rings. The van der Waals surface area contributed by atoms with Crippen LogP contribution in [0.15, 0.2) is 55.0 Å². The van der Waals surface area contributed by atoms with Crippen molar-refractivity contribution in [3.05, 3.63) is 66.1 Å². The highest BCUT2D eigenvalue weighted by Gasteiger charge is 2.45. The van der Waals surface area contributed by atoms with E-state index in [2.05, 4.69) is 62.1 Å². The lowest BCUT2D eigenvalue weighted by Crippen LogP contribution is -2.47. The molecule has 0 atom stereocenters. The zero-order chi connectivity index (χ0) is 21.4. The van der Waals surface area contributed by atoms with E-state index in [1.807, 2.05) is 12.4 Å². The highest BCUT2D eigenvalue weighted by molar-refractivity contribution is 5.73. The van der Waals surface area contributed by atoms with Crippen LogP contribution in [0.1, 0.15) is 36.8 Å². The topological polar surface area (TPSA) is 46.4 Å². The first-order valence-corrected chi connectivity index (χ1v) is 12.0. The van der Waals surface area contributed by atoms with Crippen LogP contribution in [-0.4, -0.2) is 57.3 Å². The molecule has 3 aliphatic heterocycles. The molecule has 6 heteroatoms. The van der Waals surface area contributed by atoms with Crippen LogP contribution in [0.4, 0.5) is 0 Å². The summed E-state index contributed by atoms with van der Waals surface area (Å²) in [6, 6.07) is 12.7. The third-order valence-electron chi connectivity index (χ3n) is 7.42. The quantitative estimate of drug-likeness (QED) is 0.615. The van der Waals surface area contributed by atoms with Gasteiger partial charge in [-0.15, -0.1) is 0 Å². The van der Waals surface area contributed by atoms with Gasteiger partial charge in [-0.3, -0.25) is 14.6 Å². The number of benzene rings is 1. The molecule has 32 heavy (non-hydrogen) atoms. The SMILES string of the molecule is c1ccc2c(c1)OC1(CCN(Cc3ccncc3)CC1)c1cnn(CCN3CCCC3)c1-2. The Morgan fingerprint density at radius 3 is 2.47 bits per heavy atom. The first-order chi connectivity index (χ1) is 15.8. The summed E-state index contributed by atoms with van der Waals surface area (Å²) in [6.07, 6.45) is 10.5. The number of pyridine rings is 1. The molecule has 1 spiro atoms. The summed E-state index contributed by atoms with van der Waals surface area (Å²) in [5.74, 6) is 1.01. The van der Waals surface area contributed by atoms with Gasteiger partial charge in [0.15, 0.2) is 0 Å². The van der Waals surface area contributed by atoms with E-state index in [4.69, 9.17) is 9.84 Å². The Bertz CT molecular complexity index is 1060. The first kappa shape index (κ1) is 19.9. The standard InChI is InChI=1S/C26H31N5O/c1-2-6-24-22(5-1)25-23(19-28-31(25)18-17-29-13-3-4-14-29)26(32-24)9-15-30(16-10-26)20-21-7-11-27-12-8-21/h1-2,5-8,11-12,19H,3-4,9-10,13-18,20H2. The maximum Gasteiger partial charge on any atom is 0.140 e. The number of nitrogens with zero attached hydrogens (tertiary/aromatic N) is 5. The lowest BCUT2D eigenvalue weighted by molar-refractivity contribution is -0.00696. The smallest absolute Gasteiger partial charge is 0.140 e. The summed E-state index contributed by atoms with van der Waals surface area (Å²) in [7, 11) is 0. The van der Waals surface area contributed by atoms with Gasteiger partial charge in [-0.05, 0) is 55.8 Å². The van der Waals surface area contributed by atoms with E-state index >= 15 is 0 Å². The molecule has 2 aromatic heterocycles. The minimum absolute atomic E-state index is 0.273. The molecule has 0 radical (unpaired) electrons. The van der Waals surface area contributed by atoms with Crippen molar-refractivity contribution >= 4 is 0 Å². The zero-order valence-corrected chi connectivity index (χ0v) is 18.6. The number of rotatable bonds is 5. The van der Waals surface area contributed by atoms with E-state index in [0.29, 0.717) is 0 Å². The molecule has 0 unspecified atom stereocenters. The summed E-state index contributed by atoms with van der Waals surface area (Å²) in [5.41, 5.74) is 4.78. The van der Waals surface area contributed by atoms with Gasteiger partial charge >= 0.3 is 0 Å². The highest BCUT2D eigenvalue weighted by atomic mass is 16.5. The number of para-hydroxylation sites is 1. The molecular formula is C26H31N5O. The first-order valence-electron chi connectivity index (χ1n) is 12.0. The van der Waals surface area contributed by atoms with Gasteiger partial charge in [0.25, 0.3) is 0 Å². The molecule has 2 saturated heterocycles. The molecule has 166 valence electrons. The maximum atomic E-state index is 6.78. The van der Waals surface area contributed by atoms with Crippen molar-refractivity contribution in [2.75, 3.05) is 32.7 Å². The molecule has 5 heterocycles. The van der Waals surface area contributed by atoms with Crippen LogP contribution in [0.2, 0.25) is 0 Å². The van der Waals surface area contributed by atoms with Crippen LogP contribution >= 0.6 is 0 Å². The van der Waals surface area contributed by atoms with Crippen molar-refractivity contribution < 1.29 is 4.74 Å². The molecule has 0 saturated carbocycles. The lowest BCUT2D eigenvalue weighted by Gasteiger charge is -2.44. The van der Waals surface area contributed by atoms with Gasteiger partial charge in [0, 0.05) is 62.5 Å². The van der Waals surface area contributed by atoms with Crippen molar-refractivity contribution in [3.8, 4) is 17.0 Å². The second-order valence-corrected chi connectivity index (χ2v) is 9.40. The number of hydrogen-bond donors (Lipinski definition) is 0. The van der Waals surface area contributed by atoms with Crippen LogP contribution in [0, 0.1) is 0 Å². The van der Waals surface area contributed by atoms with Crippen LogP contribution in [0.3, 0.4) is 0 Å². The van der Waals surface area contributed by atoms with Gasteiger partial charge < -0.3 is 9.64 Å². The summed E-state index contributed by atoms with van der Waals surface area (Å²) in [6.45, 7) is 7.46. The van der Waals surface area contributed by atoms with Crippen molar-refractivity contribution in [2.45, 2.75) is 44.4 Å². The van der Waals surface area contributed by atoms with E-state index in [-0.39, 0.29) is 5.60 Å². The van der Waals surface area contributed by atoms with E-state index < -0.39 is 0 Å². The van der Waals surface area contributed by atoms with Crippen molar-refractivity contribution in [1.82, 2.24) is 24.6 Å². The molecular weight excluding hydrogens is 398 g/mol. The van der Waals surface area contributed by atoms with E-state index in [1.54, 1.807) is 0 Å². The largest absolute Gasteiger partial charge is 0.482 e. The third kappa shape index (κ3) is 3.61. The average molecular weight is 430 g/mol. The molecule has 1 aromatic carbocycles. The number of piperidine rings is 1. The molecule has 0 aliphatic carbocycles. The van der Waals surface area contributed by atoms with Crippen LogP contribution < -0.4 is 4.74 Å². The lowest BCUT2D eigenvalue weighted by atomic mass is 9.81. The van der Waals surface area contributed by atoms with Gasteiger partial charge in [0.1, 0.15) is 11.4 Å². The van der Waals surface area contributed by atoms with Crippen molar-refractivity contribution in [3.63, 3.8) is 0 Å². The van der Waals surface area contributed by atoms with Crippen LogP contribution in [0.5, 0.6) is 5.75 Å². The van der Waals surface area contributed by atoms with E-state index in [1.165, 1.54) is 48.3 Å². The number of fused-ring (bicyclic) bond motifs is 4. The summed E-state index contributed by atoms with van der Waals surface area (Å²) >= 11 is 0. The minimum atomic E-state index is -0.273. The molecule has 3 aliphatic rings. The number of likely N-dealkylation sites (tertiary alicyclic amines) is 2. The Hall–Kier alpha value is -2.70. The molecule has 3 aromatic rings. The second-order valence-electron chi connectivity index (χ2n) is 9.40. The predicted octanol–water partition coefficient (Wildman–Crippen LogP) is 3.92.